The van der Waals surface area contributed by atoms with Crippen molar-refractivity contribution < 1.29 is 47.3 Å². The summed E-state index contributed by atoms with van der Waals surface area (Å²) in [6, 6.07) is 0. The van der Waals surface area contributed by atoms with Crippen LogP contribution >= 0.6 is 0 Å². The maximum Gasteiger partial charge on any atom is 0.480 e. The van der Waals surface area contributed by atoms with E-state index in [9.17, 15) is 43.2 Å². The van der Waals surface area contributed by atoms with Crippen LogP contribution in [0.25, 0.3) is 4.13 Å². The monoisotopic (exact) mass is 438 g/mol. The molecule has 0 unspecified atom stereocenters. The van der Waals surface area contributed by atoms with Crippen LogP contribution in [0.15, 0.2) is 0 Å². The number of hydrogen-bond donors (Lipinski definition) is 0. The summed E-state index contributed by atoms with van der Waals surface area (Å²) in [6.07, 6.45) is 2.92. The van der Waals surface area contributed by atoms with Gasteiger partial charge in [-0.05, 0) is 19.6 Å². The van der Waals surface area contributed by atoms with Gasteiger partial charge >= 0.3 is 11.0 Å². The van der Waals surface area contributed by atoms with Crippen LogP contribution < -0.4 is 0 Å². The predicted octanol–water partition coefficient (Wildman–Crippen LogP) is 3.12. The number of likely N-dealkylation sites (tertiary alicyclic amines) is 1. The van der Waals surface area contributed by atoms with Crippen molar-refractivity contribution in [3.05, 3.63) is 4.13 Å². The van der Waals surface area contributed by atoms with Gasteiger partial charge in [0.1, 0.15) is 0 Å². The Morgan fingerprint density at radius 3 is 1.24 bits per heavy atom. The number of quaternary nitrogens is 1. The van der Waals surface area contributed by atoms with Crippen molar-refractivity contribution in [2.45, 2.75) is 43.5 Å². The van der Waals surface area contributed by atoms with Gasteiger partial charge in [-0.3, -0.25) is 0 Å². The lowest BCUT2D eigenvalue weighted by atomic mass is 10.4. The fourth-order valence-corrected chi connectivity index (χ4v) is 5.29. The second-order valence-electron chi connectivity index (χ2n) is 6.64. The zero-order chi connectivity index (χ0) is 20.5. The Balaban J connectivity index is 0.000000496. The number of halogens is 6. The van der Waals surface area contributed by atoms with E-state index in [1.54, 1.807) is 0 Å². The summed E-state index contributed by atoms with van der Waals surface area (Å²) in [5, 5.41) is 0. The molecular weight excluding hydrogens is 418 g/mol. The molecule has 1 heterocycles. The molecule has 0 N–H and O–H groups in total. The lowest BCUT2D eigenvalue weighted by molar-refractivity contribution is -0.798. The third-order valence-corrected chi connectivity index (χ3v) is 10.4. The van der Waals surface area contributed by atoms with Gasteiger partial charge in [0, 0.05) is 12.8 Å². The molecule has 1 aliphatic heterocycles. The first kappa shape index (κ1) is 24.6. The zero-order valence-electron chi connectivity index (χ0n) is 13.9. The lowest BCUT2D eigenvalue weighted by Crippen LogP contribution is -2.59. The average Bonchev–Trinajstić information content (AvgIpc) is 2.73. The molecule has 25 heavy (non-hydrogen) atoms. The van der Waals surface area contributed by atoms with Crippen LogP contribution in [0.1, 0.15) is 12.8 Å². The van der Waals surface area contributed by atoms with Crippen molar-refractivity contribution in [1.82, 2.24) is 0 Å². The minimum atomic E-state index is -6.72. The Labute approximate surface area is 144 Å². The van der Waals surface area contributed by atoms with Crippen LogP contribution in [0.2, 0.25) is 19.6 Å². The van der Waals surface area contributed by atoms with Gasteiger partial charge in [-0.15, -0.1) is 0 Å². The van der Waals surface area contributed by atoms with Crippen molar-refractivity contribution in [2.24, 2.45) is 0 Å². The number of rotatable bonds is 3. The summed E-state index contributed by atoms with van der Waals surface area (Å²) in [5.41, 5.74) is -12.4. The number of hydrogen-bond acceptors (Lipinski definition) is 4. The molecule has 0 aromatic carbocycles. The van der Waals surface area contributed by atoms with Gasteiger partial charge in [-0.25, -0.2) is 16.8 Å². The molecule has 1 saturated heterocycles. The average molecular weight is 438 g/mol. The molecule has 0 amide bonds. The van der Waals surface area contributed by atoms with Crippen LogP contribution in [0.5, 0.6) is 0 Å². The molecule has 0 saturated carbocycles. The zero-order valence-corrected chi connectivity index (χ0v) is 16.6. The van der Waals surface area contributed by atoms with Gasteiger partial charge in [-0.1, -0.05) is 0 Å². The van der Waals surface area contributed by atoms with Gasteiger partial charge in [0.15, 0.2) is 20.0 Å². The van der Waals surface area contributed by atoms with E-state index in [4.69, 9.17) is 0 Å². The molecule has 152 valence electrons. The lowest BCUT2D eigenvalue weighted by Gasteiger charge is -2.41. The van der Waals surface area contributed by atoms with Gasteiger partial charge in [0.25, 0.3) is 8.24 Å². The summed E-state index contributed by atoms with van der Waals surface area (Å²) in [7, 11) is -11.9. The van der Waals surface area contributed by atoms with Crippen molar-refractivity contribution in [3.63, 3.8) is 0 Å². The van der Waals surface area contributed by atoms with E-state index in [2.05, 4.69) is 26.7 Å². The first-order valence-corrected chi connectivity index (χ1v) is 13.2. The van der Waals surface area contributed by atoms with Gasteiger partial charge < -0.3 is 8.28 Å². The Bertz CT molecular complexity index is 619. The standard InChI is InChI=1S/C8H20NSi.C2F6NO4S2/c1-9(10(2,3)4)7-5-6-8-9;3-1(4,5)14(10,11)9-15(12,13)2(6,7)8/h5-8H2,1-4H3;/q+1;-1. The van der Waals surface area contributed by atoms with Crippen LogP contribution in [0, 0.1) is 0 Å². The molecule has 0 spiro atoms. The first-order valence-electron chi connectivity index (χ1n) is 6.88. The topological polar surface area (TPSA) is 82.4 Å². The maximum absolute atomic E-state index is 11.4. The van der Waals surface area contributed by atoms with E-state index in [1.165, 1.54) is 30.1 Å². The summed E-state index contributed by atoms with van der Waals surface area (Å²) in [4.78, 5) is 0. The van der Waals surface area contributed by atoms with Gasteiger partial charge in [0.05, 0.1) is 20.1 Å². The summed E-state index contributed by atoms with van der Waals surface area (Å²) in [5.74, 6) is 0. The molecule has 1 rings (SSSR count). The molecule has 0 aromatic heterocycles. The molecule has 0 bridgehead atoms. The molecule has 1 fully saturated rings. The third-order valence-electron chi connectivity index (χ3n) is 3.95. The minimum absolute atomic E-state index is 0.778. The van der Waals surface area contributed by atoms with E-state index in [1.807, 2.05) is 0 Å². The van der Waals surface area contributed by atoms with E-state index in [-0.39, 0.29) is 0 Å². The molecule has 15 heteroatoms. The van der Waals surface area contributed by atoms with E-state index >= 15 is 0 Å². The SMILES string of the molecule is C[N+]1([Si](C)(C)C)CCCC1.O=S(=O)([N-]S(=O)(=O)C(F)(F)F)C(F)(F)F. The number of nitrogens with zero attached hydrogens (tertiary/aromatic N) is 2. The number of alkyl halides is 6. The summed E-state index contributed by atoms with van der Waals surface area (Å²) >= 11 is 0. The third kappa shape index (κ3) is 6.37. The Kier molecular flexibility index (Phi) is 7.21. The van der Waals surface area contributed by atoms with Crippen LogP contribution in [0.3, 0.4) is 0 Å². The summed E-state index contributed by atoms with van der Waals surface area (Å²) in [6.45, 7) is 10.3. The molecular formula is C10H20F6N2O4S2Si. The Morgan fingerprint density at radius 1 is 0.800 bits per heavy atom. The van der Waals surface area contributed by atoms with Crippen LogP contribution in [-0.2, 0) is 20.0 Å². The minimum Gasteiger partial charge on any atom is -0.421 e. The molecule has 0 aromatic rings. The fourth-order valence-electron chi connectivity index (χ4n) is 1.92. The molecule has 0 atom stereocenters. The molecule has 1 aliphatic rings. The van der Waals surface area contributed by atoms with Crippen LogP contribution in [-0.4, -0.2) is 60.4 Å². The summed E-state index contributed by atoms with van der Waals surface area (Å²) < 4.78 is 111. The normalized spacial score (nSPS) is 19.3. The highest BCUT2D eigenvalue weighted by Crippen LogP contribution is 2.36. The molecule has 0 aliphatic carbocycles. The molecule has 0 radical (unpaired) electrons. The quantitative estimate of drug-likeness (QED) is 0.501. The highest BCUT2D eigenvalue weighted by atomic mass is 32.3. The molecule has 6 nitrogen and oxygen atoms in total. The van der Waals surface area contributed by atoms with Gasteiger partial charge in [-0.2, -0.15) is 26.3 Å². The Hall–Kier alpha value is -0.383. The van der Waals surface area contributed by atoms with E-state index in [0.29, 0.717) is 0 Å². The van der Waals surface area contributed by atoms with Crippen molar-refractivity contribution >= 4 is 28.3 Å². The van der Waals surface area contributed by atoms with Crippen LogP contribution in [0.4, 0.5) is 26.3 Å². The van der Waals surface area contributed by atoms with Gasteiger partial charge in [0.2, 0.25) is 0 Å². The number of sulfonamides is 2. The Morgan fingerprint density at radius 2 is 1.08 bits per heavy atom. The van der Waals surface area contributed by atoms with Crippen molar-refractivity contribution in [2.75, 3.05) is 20.1 Å². The fraction of sp³-hybridized carbons (Fsp3) is 1.00. The first-order chi connectivity index (χ1) is 10.7. The largest absolute Gasteiger partial charge is 0.480 e. The highest BCUT2D eigenvalue weighted by Gasteiger charge is 2.47. The van der Waals surface area contributed by atoms with E-state index in [0.717, 1.165) is 4.13 Å². The van der Waals surface area contributed by atoms with Crippen molar-refractivity contribution in [1.29, 1.82) is 0 Å². The van der Waals surface area contributed by atoms with Crippen molar-refractivity contribution in [3.8, 4) is 0 Å². The highest BCUT2D eigenvalue weighted by molar-refractivity contribution is 8.13. The smallest absolute Gasteiger partial charge is 0.421 e. The maximum atomic E-state index is 11.4. The second kappa shape index (κ2) is 7.32. The van der Waals surface area contributed by atoms with E-state index < -0.39 is 39.3 Å². The predicted molar refractivity (Wildman–Crippen MR) is 81.8 cm³/mol. The second-order valence-corrected chi connectivity index (χ2v) is 15.5.